The maximum absolute atomic E-state index is 13.0. The molecule has 3 aromatic rings. The number of amides is 1. The predicted octanol–water partition coefficient (Wildman–Crippen LogP) is 3.73. The van der Waals surface area contributed by atoms with E-state index in [9.17, 15) is 14.9 Å². The van der Waals surface area contributed by atoms with Crippen molar-refractivity contribution >= 4 is 11.6 Å². The summed E-state index contributed by atoms with van der Waals surface area (Å²) in [6.45, 7) is 2.19. The van der Waals surface area contributed by atoms with Crippen LogP contribution in [0.15, 0.2) is 48.5 Å². The highest BCUT2D eigenvalue weighted by Gasteiger charge is 2.38. The molecule has 1 amide bonds. The van der Waals surface area contributed by atoms with Crippen molar-refractivity contribution in [3.05, 3.63) is 75.6 Å². The maximum atomic E-state index is 13.0. The quantitative estimate of drug-likeness (QED) is 0.447. The van der Waals surface area contributed by atoms with Crippen LogP contribution >= 0.6 is 0 Å². The summed E-state index contributed by atoms with van der Waals surface area (Å²) in [4.78, 5) is 23.6. The molecule has 0 atom stereocenters. The van der Waals surface area contributed by atoms with Crippen LogP contribution in [0.3, 0.4) is 0 Å². The average molecular weight is 435 g/mol. The fourth-order valence-electron chi connectivity index (χ4n) is 4.53. The van der Waals surface area contributed by atoms with E-state index in [0.29, 0.717) is 17.9 Å². The maximum Gasteiger partial charge on any atom is 0.273 e. The van der Waals surface area contributed by atoms with Gasteiger partial charge < -0.3 is 10.1 Å². The molecule has 0 bridgehead atoms. The molecule has 9 nitrogen and oxygen atoms in total. The second-order valence-corrected chi connectivity index (χ2v) is 8.08. The summed E-state index contributed by atoms with van der Waals surface area (Å²) in [6, 6.07) is 14.0. The minimum atomic E-state index is -0.470. The molecule has 0 saturated heterocycles. The fraction of sp³-hybridized carbons (Fsp3) is 0.348. The zero-order valence-corrected chi connectivity index (χ0v) is 18.1. The SMILES string of the molecule is COc1ccccc1C1(CNC(=O)c2nnn(-c3cccc([N+](=O)[O-])c3)c2C)CCCC1. The highest BCUT2D eigenvalue weighted by Crippen LogP contribution is 2.44. The molecule has 1 N–H and O–H groups in total. The second kappa shape index (κ2) is 8.78. The Bertz CT molecular complexity index is 1150. The molecule has 32 heavy (non-hydrogen) atoms. The van der Waals surface area contributed by atoms with Gasteiger partial charge in [0.15, 0.2) is 5.69 Å². The third kappa shape index (κ3) is 3.93. The molecule has 0 radical (unpaired) electrons. The molecule has 1 heterocycles. The molecule has 2 aromatic carbocycles. The average Bonchev–Trinajstić information content (AvgIpc) is 3.45. The number of aromatic nitrogens is 3. The van der Waals surface area contributed by atoms with E-state index in [1.807, 2.05) is 18.2 Å². The van der Waals surface area contributed by atoms with Crippen LogP contribution in [0.1, 0.15) is 47.4 Å². The standard InChI is InChI=1S/C23H25N5O4/c1-16-21(25-26-27(16)17-8-7-9-18(14-17)28(30)31)22(29)24-15-23(12-5-6-13-23)19-10-3-4-11-20(19)32-2/h3-4,7-11,14H,5-6,12-13,15H2,1-2H3,(H,24,29). The van der Waals surface area contributed by atoms with E-state index in [1.54, 1.807) is 26.2 Å². The second-order valence-electron chi connectivity index (χ2n) is 8.08. The van der Waals surface area contributed by atoms with Crippen molar-refractivity contribution in [1.82, 2.24) is 20.3 Å². The zero-order chi connectivity index (χ0) is 22.7. The van der Waals surface area contributed by atoms with Gasteiger partial charge in [-0.15, -0.1) is 5.10 Å². The smallest absolute Gasteiger partial charge is 0.273 e. The summed E-state index contributed by atoms with van der Waals surface area (Å²) >= 11 is 0. The van der Waals surface area contributed by atoms with Gasteiger partial charge in [-0.25, -0.2) is 4.68 Å². The largest absolute Gasteiger partial charge is 0.496 e. The number of carbonyl (C=O) groups excluding carboxylic acids is 1. The fourth-order valence-corrected chi connectivity index (χ4v) is 4.53. The van der Waals surface area contributed by atoms with Gasteiger partial charge in [0.1, 0.15) is 5.75 Å². The van der Waals surface area contributed by atoms with Crippen LogP contribution < -0.4 is 10.1 Å². The van der Waals surface area contributed by atoms with Gasteiger partial charge in [0.25, 0.3) is 11.6 Å². The van der Waals surface area contributed by atoms with Crippen LogP contribution in [0, 0.1) is 17.0 Å². The number of nitro benzene ring substituents is 1. The van der Waals surface area contributed by atoms with Gasteiger partial charge in [0.05, 0.1) is 23.4 Å². The molecule has 9 heteroatoms. The Kier molecular flexibility index (Phi) is 5.89. The summed E-state index contributed by atoms with van der Waals surface area (Å²) in [5.74, 6) is 0.511. The lowest BCUT2D eigenvalue weighted by molar-refractivity contribution is -0.384. The number of hydrogen-bond donors (Lipinski definition) is 1. The van der Waals surface area contributed by atoms with Crippen molar-refractivity contribution in [2.24, 2.45) is 0 Å². The summed E-state index contributed by atoms with van der Waals surface area (Å²) in [5, 5.41) is 22.2. The van der Waals surface area contributed by atoms with Gasteiger partial charge in [0, 0.05) is 29.7 Å². The lowest BCUT2D eigenvalue weighted by atomic mass is 9.78. The van der Waals surface area contributed by atoms with Crippen LogP contribution in [0.4, 0.5) is 5.69 Å². The first-order chi connectivity index (χ1) is 15.4. The van der Waals surface area contributed by atoms with E-state index >= 15 is 0 Å². The number of hydrogen-bond acceptors (Lipinski definition) is 6. The van der Waals surface area contributed by atoms with E-state index in [2.05, 4.69) is 21.7 Å². The molecule has 1 fully saturated rings. The summed E-state index contributed by atoms with van der Waals surface area (Å²) in [7, 11) is 1.66. The first kappa shape index (κ1) is 21.5. The minimum absolute atomic E-state index is 0.0524. The van der Waals surface area contributed by atoms with Crippen LogP contribution in [0.5, 0.6) is 5.75 Å². The van der Waals surface area contributed by atoms with Crippen molar-refractivity contribution in [3.63, 3.8) is 0 Å². The highest BCUT2D eigenvalue weighted by molar-refractivity contribution is 5.93. The third-order valence-corrected chi connectivity index (χ3v) is 6.22. The van der Waals surface area contributed by atoms with Gasteiger partial charge in [-0.2, -0.15) is 0 Å². The lowest BCUT2D eigenvalue weighted by Gasteiger charge is -2.31. The first-order valence-electron chi connectivity index (χ1n) is 10.5. The number of para-hydroxylation sites is 1. The Morgan fingerprint density at radius 2 is 1.97 bits per heavy atom. The number of nitro groups is 1. The normalized spacial score (nSPS) is 14.8. The molecule has 1 aliphatic rings. The number of nitrogens with zero attached hydrogens (tertiary/aromatic N) is 4. The van der Waals surface area contributed by atoms with E-state index in [4.69, 9.17) is 4.74 Å². The van der Waals surface area contributed by atoms with Crippen molar-refractivity contribution < 1.29 is 14.5 Å². The number of nitrogens with one attached hydrogen (secondary N) is 1. The Labute approximate surface area is 185 Å². The van der Waals surface area contributed by atoms with Crippen LogP contribution in [-0.2, 0) is 5.41 Å². The van der Waals surface area contributed by atoms with Gasteiger partial charge in [-0.3, -0.25) is 14.9 Å². The summed E-state index contributed by atoms with van der Waals surface area (Å²) in [5.41, 5.74) is 2.06. The summed E-state index contributed by atoms with van der Waals surface area (Å²) in [6.07, 6.45) is 4.12. The van der Waals surface area contributed by atoms with Crippen molar-refractivity contribution in [1.29, 1.82) is 0 Å². The topological polar surface area (TPSA) is 112 Å². The van der Waals surface area contributed by atoms with Crippen LogP contribution in [-0.4, -0.2) is 39.5 Å². The van der Waals surface area contributed by atoms with Crippen molar-refractivity contribution in [2.75, 3.05) is 13.7 Å². The molecule has 0 spiro atoms. The van der Waals surface area contributed by atoms with E-state index in [1.165, 1.54) is 16.8 Å². The summed E-state index contributed by atoms with van der Waals surface area (Å²) < 4.78 is 7.02. The molecule has 166 valence electrons. The van der Waals surface area contributed by atoms with Crippen molar-refractivity contribution in [2.45, 2.75) is 38.0 Å². The molecular formula is C23H25N5O4. The number of ether oxygens (including phenoxy) is 1. The van der Waals surface area contributed by atoms with Gasteiger partial charge >= 0.3 is 0 Å². The molecule has 0 unspecified atom stereocenters. The lowest BCUT2D eigenvalue weighted by Crippen LogP contribution is -2.39. The molecule has 0 aliphatic heterocycles. The Morgan fingerprint density at radius 1 is 1.22 bits per heavy atom. The van der Waals surface area contributed by atoms with E-state index < -0.39 is 4.92 Å². The number of non-ortho nitro benzene ring substituents is 1. The van der Waals surface area contributed by atoms with Crippen molar-refractivity contribution in [3.8, 4) is 11.4 Å². The number of benzene rings is 2. The minimum Gasteiger partial charge on any atom is -0.496 e. The molecule has 1 saturated carbocycles. The van der Waals surface area contributed by atoms with Gasteiger partial charge in [-0.05, 0) is 31.9 Å². The number of rotatable bonds is 7. The van der Waals surface area contributed by atoms with Gasteiger partial charge in [-0.1, -0.05) is 42.3 Å². The third-order valence-electron chi connectivity index (χ3n) is 6.22. The van der Waals surface area contributed by atoms with E-state index in [-0.39, 0.29) is 22.7 Å². The molecule has 1 aliphatic carbocycles. The number of methoxy groups -OCH3 is 1. The van der Waals surface area contributed by atoms with Crippen LogP contribution in [0.2, 0.25) is 0 Å². The predicted molar refractivity (Wildman–Crippen MR) is 118 cm³/mol. The monoisotopic (exact) mass is 435 g/mol. The molecule has 1 aromatic heterocycles. The van der Waals surface area contributed by atoms with Gasteiger partial charge in [0.2, 0.25) is 0 Å². The Hall–Kier alpha value is -3.75. The Morgan fingerprint density at radius 3 is 2.69 bits per heavy atom. The number of carbonyl (C=O) groups is 1. The zero-order valence-electron chi connectivity index (χ0n) is 18.1. The molecule has 4 rings (SSSR count). The Balaban J connectivity index is 1.56. The first-order valence-corrected chi connectivity index (χ1v) is 10.5. The van der Waals surface area contributed by atoms with Crippen LogP contribution in [0.25, 0.3) is 5.69 Å². The highest BCUT2D eigenvalue weighted by atomic mass is 16.6. The van der Waals surface area contributed by atoms with E-state index in [0.717, 1.165) is 37.0 Å². The molecular weight excluding hydrogens is 410 g/mol.